The third-order valence-electron chi connectivity index (χ3n) is 4.59. The molecule has 7 nitrogen and oxygen atoms in total. The molecule has 7 heteroatoms. The molecular formula is C20H30N6O. The Hall–Kier alpha value is -2.38. The van der Waals surface area contributed by atoms with E-state index in [1.165, 1.54) is 11.1 Å². The summed E-state index contributed by atoms with van der Waals surface area (Å²) >= 11 is 0. The molecule has 27 heavy (non-hydrogen) atoms. The topological polar surface area (TPSA) is 66.7 Å². The van der Waals surface area contributed by atoms with E-state index in [0.717, 1.165) is 58.4 Å². The van der Waals surface area contributed by atoms with Gasteiger partial charge in [0.15, 0.2) is 5.96 Å². The fourth-order valence-corrected chi connectivity index (χ4v) is 3.09. The van der Waals surface area contributed by atoms with E-state index in [9.17, 15) is 0 Å². The summed E-state index contributed by atoms with van der Waals surface area (Å²) in [5.41, 5.74) is 2.62. The van der Waals surface area contributed by atoms with E-state index >= 15 is 0 Å². The lowest BCUT2D eigenvalue weighted by atomic mass is 10.1. The van der Waals surface area contributed by atoms with Crippen LogP contribution in [0.3, 0.4) is 0 Å². The van der Waals surface area contributed by atoms with Gasteiger partial charge in [-0.1, -0.05) is 24.3 Å². The van der Waals surface area contributed by atoms with Crippen molar-refractivity contribution in [3.8, 4) is 0 Å². The fourth-order valence-electron chi connectivity index (χ4n) is 3.09. The van der Waals surface area contributed by atoms with Crippen LogP contribution in [0.15, 0.2) is 48.0 Å². The molecule has 3 rings (SSSR count). The SMILES string of the molecule is CCNC(=NCc1ccccc1CN1CCOCC1)NCCn1ccnc1. The highest BCUT2D eigenvalue weighted by atomic mass is 16.5. The van der Waals surface area contributed by atoms with Crippen molar-refractivity contribution in [2.45, 2.75) is 26.6 Å². The molecule has 2 aromatic rings. The molecule has 0 atom stereocenters. The van der Waals surface area contributed by atoms with Crippen LogP contribution in [0.5, 0.6) is 0 Å². The first-order valence-corrected chi connectivity index (χ1v) is 9.70. The van der Waals surface area contributed by atoms with E-state index in [1.54, 1.807) is 6.20 Å². The van der Waals surface area contributed by atoms with Gasteiger partial charge in [0.05, 0.1) is 26.1 Å². The molecule has 1 aliphatic heterocycles. The van der Waals surface area contributed by atoms with Gasteiger partial charge in [0.1, 0.15) is 0 Å². The first kappa shape index (κ1) is 19.4. The number of benzene rings is 1. The van der Waals surface area contributed by atoms with Crippen molar-refractivity contribution in [2.24, 2.45) is 4.99 Å². The van der Waals surface area contributed by atoms with Gasteiger partial charge in [-0.05, 0) is 18.1 Å². The van der Waals surface area contributed by atoms with E-state index in [0.29, 0.717) is 6.54 Å². The molecule has 1 aliphatic rings. The van der Waals surface area contributed by atoms with Gasteiger partial charge in [-0.2, -0.15) is 0 Å². The third-order valence-corrected chi connectivity index (χ3v) is 4.59. The second kappa shape index (κ2) is 10.7. The molecule has 1 aromatic heterocycles. The van der Waals surface area contributed by atoms with Crippen LogP contribution >= 0.6 is 0 Å². The van der Waals surface area contributed by atoms with Gasteiger partial charge < -0.3 is 19.9 Å². The fraction of sp³-hybridized carbons (Fsp3) is 0.500. The zero-order chi connectivity index (χ0) is 18.7. The minimum absolute atomic E-state index is 0.668. The van der Waals surface area contributed by atoms with Crippen molar-refractivity contribution in [3.63, 3.8) is 0 Å². The number of nitrogens with one attached hydrogen (secondary N) is 2. The monoisotopic (exact) mass is 370 g/mol. The van der Waals surface area contributed by atoms with E-state index in [1.807, 2.05) is 17.1 Å². The van der Waals surface area contributed by atoms with E-state index < -0.39 is 0 Å². The molecular weight excluding hydrogens is 340 g/mol. The quantitative estimate of drug-likeness (QED) is 0.544. The standard InChI is InChI=1S/C20H30N6O/c1-2-22-20(23-8-10-26-9-7-21-17-26)24-15-18-5-3-4-6-19(18)16-25-11-13-27-14-12-25/h3-7,9,17H,2,8,10-16H2,1H3,(H2,22,23,24). The molecule has 1 fully saturated rings. The number of morpholine rings is 1. The minimum Gasteiger partial charge on any atom is -0.379 e. The maximum absolute atomic E-state index is 5.45. The highest BCUT2D eigenvalue weighted by molar-refractivity contribution is 5.79. The summed E-state index contributed by atoms with van der Waals surface area (Å²) in [7, 11) is 0. The van der Waals surface area contributed by atoms with Gasteiger partial charge in [-0.15, -0.1) is 0 Å². The number of guanidine groups is 1. The van der Waals surface area contributed by atoms with Crippen LogP contribution in [0, 0.1) is 0 Å². The highest BCUT2D eigenvalue weighted by Crippen LogP contribution is 2.14. The number of aromatic nitrogens is 2. The van der Waals surface area contributed by atoms with Crippen molar-refractivity contribution in [2.75, 3.05) is 39.4 Å². The van der Waals surface area contributed by atoms with Crippen LogP contribution < -0.4 is 10.6 Å². The Morgan fingerprint density at radius 3 is 2.74 bits per heavy atom. The van der Waals surface area contributed by atoms with E-state index in [2.05, 4.69) is 51.7 Å². The Labute approximate surface area is 161 Å². The number of rotatable bonds is 8. The van der Waals surface area contributed by atoms with Crippen LogP contribution in [-0.4, -0.2) is 59.8 Å². The van der Waals surface area contributed by atoms with Crippen LogP contribution in [0.25, 0.3) is 0 Å². The number of hydrogen-bond acceptors (Lipinski definition) is 4. The lowest BCUT2D eigenvalue weighted by Crippen LogP contribution is -2.38. The number of ether oxygens (including phenoxy) is 1. The Morgan fingerprint density at radius 1 is 1.19 bits per heavy atom. The van der Waals surface area contributed by atoms with Crippen molar-refractivity contribution >= 4 is 5.96 Å². The van der Waals surface area contributed by atoms with E-state index in [4.69, 9.17) is 9.73 Å². The molecule has 2 N–H and O–H groups in total. The molecule has 2 heterocycles. The van der Waals surface area contributed by atoms with Gasteiger partial charge in [-0.25, -0.2) is 9.98 Å². The van der Waals surface area contributed by atoms with Gasteiger partial charge in [0.2, 0.25) is 0 Å². The largest absolute Gasteiger partial charge is 0.379 e. The molecule has 0 aliphatic carbocycles. The lowest BCUT2D eigenvalue weighted by Gasteiger charge is -2.27. The number of hydrogen-bond donors (Lipinski definition) is 2. The highest BCUT2D eigenvalue weighted by Gasteiger charge is 2.12. The Morgan fingerprint density at radius 2 is 2.00 bits per heavy atom. The molecule has 146 valence electrons. The predicted molar refractivity (Wildman–Crippen MR) is 108 cm³/mol. The number of aliphatic imine (C=N–C) groups is 1. The van der Waals surface area contributed by atoms with Crippen LogP contribution in [0.1, 0.15) is 18.1 Å². The molecule has 0 radical (unpaired) electrons. The molecule has 1 saturated heterocycles. The average molecular weight is 371 g/mol. The summed E-state index contributed by atoms with van der Waals surface area (Å²) in [6.45, 7) is 9.85. The van der Waals surface area contributed by atoms with E-state index in [-0.39, 0.29) is 0 Å². The Kier molecular flexibility index (Phi) is 7.68. The van der Waals surface area contributed by atoms with Crippen molar-refractivity contribution in [1.82, 2.24) is 25.1 Å². The summed E-state index contributed by atoms with van der Waals surface area (Å²) in [6.07, 6.45) is 5.59. The first-order valence-electron chi connectivity index (χ1n) is 9.70. The van der Waals surface area contributed by atoms with Crippen molar-refractivity contribution in [3.05, 3.63) is 54.1 Å². The number of nitrogens with zero attached hydrogens (tertiary/aromatic N) is 4. The zero-order valence-electron chi connectivity index (χ0n) is 16.1. The van der Waals surface area contributed by atoms with Gasteiger partial charge in [0, 0.05) is 51.7 Å². The molecule has 0 bridgehead atoms. The first-order chi connectivity index (χ1) is 13.3. The van der Waals surface area contributed by atoms with Crippen LogP contribution in [0.2, 0.25) is 0 Å². The molecule has 0 saturated carbocycles. The van der Waals surface area contributed by atoms with Gasteiger partial charge in [0.25, 0.3) is 0 Å². The summed E-state index contributed by atoms with van der Waals surface area (Å²) in [4.78, 5) is 11.3. The maximum Gasteiger partial charge on any atom is 0.191 e. The second-order valence-corrected chi connectivity index (χ2v) is 6.58. The normalized spacial score (nSPS) is 15.7. The van der Waals surface area contributed by atoms with Crippen molar-refractivity contribution in [1.29, 1.82) is 0 Å². The molecule has 0 unspecified atom stereocenters. The smallest absolute Gasteiger partial charge is 0.191 e. The molecule has 0 amide bonds. The number of imidazole rings is 1. The lowest BCUT2D eigenvalue weighted by molar-refractivity contribution is 0.0341. The average Bonchev–Trinajstić information content (AvgIpc) is 3.21. The van der Waals surface area contributed by atoms with Crippen molar-refractivity contribution < 1.29 is 4.74 Å². The van der Waals surface area contributed by atoms with Crippen LogP contribution in [0.4, 0.5) is 0 Å². The maximum atomic E-state index is 5.45. The molecule has 0 spiro atoms. The minimum atomic E-state index is 0.668. The third kappa shape index (κ3) is 6.37. The molecule has 1 aromatic carbocycles. The summed E-state index contributed by atoms with van der Waals surface area (Å²) < 4.78 is 7.50. The Bertz CT molecular complexity index is 694. The van der Waals surface area contributed by atoms with Gasteiger partial charge >= 0.3 is 0 Å². The zero-order valence-corrected chi connectivity index (χ0v) is 16.1. The van der Waals surface area contributed by atoms with Crippen LogP contribution in [-0.2, 0) is 24.4 Å². The summed E-state index contributed by atoms with van der Waals surface area (Å²) in [5, 5.41) is 6.71. The second-order valence-electron chi connectivity index (χ2n) is 6.58. The van der Waals surface area contributed by atoms with Gasteiger partial charge in [-0.3, -0.25) is 4.90 Å². The Balaban J connectivity index is 1.57. The predicted octanol–water partition coefficient (Wildman–Crippen LogP) is 1.47. The summed E-state index contributed by atoms with van der Waals surface area (Å²) in [5.74, 6) is 0.846. The summed E-state index contributed by atoms with van der Waals surface area (Å²) in [6, 6.07) is 8.58.